The second-order valence-corrected chi connectivity index (χ2v) is 7.60. The van der Waals surface area contributed by atoms with Crippen LogP contribution < -0.4 is 9.80 Å². The van der Waals surface area contributed by atoms with E-state index >= 15 is 0 Å². The highest BCUT2D eigenvalue weighted by molar-refractivity contribution is 7.98. The molecule has 0 bridgehead atoms. The van der Waals surface area contributed by atoms with Crippen LogP contribution in [0.4, 0.5) is 24.8 Å². The van der Waals surface area contributed by atoms with E-state index in [2.05, 4.69) is 24.8 Å². The lowest BCUT2D eigenvalue weighted by atomic mass is 10.2. The van der Waals surface area contributed by atoms with Crippen molar-refractivity contribution < 1.29 is 13.2 Å². The Hall–Kier alpha value is -2.56. The van der Waals surface area contributed by atoms with Gasteiger partial charge in [0.15, 0.2) is 22.3 Å². The Bertz CT molecular complexity index is 1040. The van der Waals surface area contributed by atoms with Crippen LogP contribution in [-0.2, 0) is 6.18 Å². The number of nitrogens with zero attached hydrogens (tertiary/aromatic N) is 7. The third-order valence-electron chi connectivity index (χ3n) is 5.05. The summed E-state index contributed by atoms with van der Waals surface area (Å²) in [5, 5.41) is 0.731. The van der Waals surface area contributed by atoms with Gasteiger partial charge in [0.05, 0.1) is 0 Å². The normalized spacial score (nSPS) is 15.4. The maximum atomic E-state index is 13.0. The number of halogens is 3. The minimum absolute atomic E-state index is 0.215. The van der Waals surface area contributed by atoms with Crippen LogP contribution in [0.5, 0.6) is 0 Å². The van der Waals surface area contributed by atoms with Crippen molar-refractivity contribution in [3.8, 4) is 0 Å². The average molecular weight is 423 g/mol. The van der Waals surface area contributed by atoms with Gasteiger partial charge in [-0.05, 0) is 20.1 Å². The van der Waals surface area contributed by atoms with Gasteiger partial charge in [-0.3, -0.25) is 0 Å². The van der Waals surface area contributed by atoms with Crippen LogP contribution in [0.15, 0.2) is 23.7 Å². The molecule has 11 heteroatoms. The Balaban J connectivity index is 1.58. The molecule has 154 valence electrons. The Morgan fingerprint density at radius 1 is 0.966 bits per heavy atom. The number of anilines is 2. The first kappa shape index (κ1) is 19.7. The number of aryl methyl sites for hydroxylation is 1. The van der Waals surface area contributed by atoms with E-state index in [0.29, 0.717) is 32.0 Å². The third kappa shape index (κ3) is 3.70. The van der Waals surface area contributed by atoms with Gasteiger partial charge in [0.2, 0.25) is 0 Å². The molecule has 29 heavy (non-hydrogen) atoms. The lowest BCUT2D eigenvalue weighted by Gasteiger charge is -2.36. The first-order valence-corrected chi connectivity index (χ1v) is 10.3. The maximum Gasteiger partial charge on any atom is 0.434 e. The molecule has 0 amide bonds. The zero-order chi connectivity index (χ0) is 20.8. The van der Waals surface area contributed by atoms with Crippen molar-refractivity contribution in [1.82, 2.24) is 24.3 Å². The quantitative estimate of drug-likeness (QED) is 0.474. The molecule has 4 heterocycles. The van der Waals surface area contributed by atoms with Crippen LogP contribution in [-0.4, -0.2) is 56.8 Å². The molecule has 1 aliphatic heterocycles. The number of piperazine rings is 1. The highest BCUT2D eigenvalue weighted by Gasteiger charge is 2.35. The van der Waals surface area contributed by atoms with E-state index < -0.39 is 11.9 Å². The predicted molar refractivity (Wildman–Crippen MR) is 106 cm³/mol. The van der Waals surface area contributed by atoms with E-state index in [0.717, 1.165) is 28.4 Å². The fourth-order valence-electron chi connectivity index (χ4n) is 3.38. The van der Waals surface area contributed by atoms with Gasteiger partial charge in [0.1, 0.15) is 5.82 Å². The summed E-state index contributed by atoms with van der Waals surface area (Å²) in [7, 11) is 0. The summed E-state index contributed by atoms with van der Waals surface area (Å²) in [5.74, 6) is 1.37. The second kappa shape index (κ2) is 7.36. The van der Waals surface area contributed by atoms with Crippen molar-refractivity contribution in [2.24, 2.45) is 0 Å². The number of hydrogen-bond donors (Lipinski definition) is 0. The zero-order valence-corrected chi connectivity index (χ0v) is 17.0. The monoisotopic (exact) mass is 423 g/mol. The second-order valence-electron chi connectivity index (χ2n) is 6.82. The lowest BCUT2D eigenvalue weighted by molar-refractivity contribution is -0.140. The van der Waals surface area contributed by atoms with E-state index in [1.165, 1.54) is 28.6 Å². The summed E-state index contributed by atoms with van der Waals surface area (Å²) in [6.07, 6.45) is 1.43. The van der Waals surface area contributed by atoms with Gasteiger partial charge in [-0.1, -0.05) is 11.8 Å². The van der Waals surface area contributed by atoms with Gasteiger partial charge in [0, 0.05) is 56.0 Å². The van der Waals surface area contributed by atoms with Crippen LogP contribution >= 0.6 is 11.8 Å². The van der Waals surface area contributed by atoms with E-state index in [9.17, 15) is 13.2 Å². The standard InChI is InChI=1S/C18H20F3N7S/c1-11-12(2)23-17(29-3)25-14(11)26-6-8-27(9-7-26)15-16-24-13(18(19,20)21)10-28(16)5-4-22-15/h4-5,10H,6-9H2,1-3H3. The van der Waals surface area contributed by atoms with Crippen LogP contribution in [0.3, 0.4) is 0 Å². The van der Waals surface area contributed by atoms with Gasteiger partial charge in [-0.2, -0.15) is 13.2 Å². The van der Waals surface area contributed by atoms with Gasteiger partial charge < -0.3 is 14.2 Å². The molecular weight excluding hydrogens is 403 g/mol. The molecule has 0 atom stereocenters. The van der Waals surface area contributed by atoms with Crippen molar-refractivity contribution in [1.29, 1.82) is 0 Å². The highest BCUT2D eigenvalue weighted by Crippen LogP contribution is 2.31. The zero-order valence-electron chi connectivity index (χ0n) is 16.2. The molecule has 3 aromatic heterocycles. The van der Waals surface area contributed by atoms with Crippen molar-refractivity contribution in [2.75, 3.05) is 42.2 Å². The Morgan fingerprint density at radius 3 is 2.24 bits per heavy atom. The summed E-state index contributed by atoms with van der Waals surface area (Å²) in [4.78, 5) is 21.4. The predicted octanol–water partition coefficient (Wildman–Crippen LogP) is 3.20. The van der Waals surface area contributed by atoms with Crippen LogP contribution in [0, 0.1) is 13.8 Å². The van der Waals surface area contributed by atoms with Crippen molar-refractivity contribution in [3.63, 3.8) is 0 Å². The molecule has 0 spiro atoms. The molecule has 4 rings (SSSR count). The number of imidazole rings is 1. The number of thioether (sulfide) groups is 1. The molecular formula is C18H20F3N7S. The summed E-state index contributed by atoms with van der Waals surface area (Å²) in [6.45, 7) is 6.56. The lowest BCUT2D eigenvalue weighted by Crippen LogP contribution is -2.47. The summed E-state index contributed by atoms with van der Waals surface area (Å²) < 4.78 is 40.5. The molecule has 0 aromatic carbocycles. The maximum absolute atomic E-state index is 13.0. The molecule has 0 saturated carbocycles. The van der Waals surface area contributed by atoms with Crippen LogP contribution in [0.2, 0.25) is 0 Å². The van der Waals surface area contributed by atoms with Gasteiger partial charge in [-0.15, -0.1) is 0 Å². The highest BCUT2D eigenvalue weighted by atomic mass is 32.2. The molecule has 0 aliphatic carbocycles. The molecule has 1 aliphatic rings. The van der Waals surface area contributed by atoms with E-state index in [1.54, 1.807) is 0 Å². The molecule has 0 unspecified atom stereocenters. The topological polar surface area (TPSA) is 62.5 Å². The Morgan fingerprint density at radius 2 is 1.62 bits per heavy atom. The molecule has 0 N–H and O–H groups in total. The molecule has 0 radical (unpaired) electrons. The van der Waals surface area contributed by atoms with E-state index in [1.807, 2.05) is 25.0 Å². The number of rotatable bonds is 3. The number of aromatic nitrogens is 5. The fourth-order valence-corrected chi connectivity index (χ4v) is 3.79. The largest absolute Gasteiger partial charge is 0.434 e. The summed E-state index contributed by atoms with van der Waals surface area (Å²) >= 11 is 1.50. The summed E-state index contributed by atoms with van der Waals surface area (Å²) in [5.41, 5.74) is 1.29. The van der Waals surface area contributed by atoms with Crippen LogP contribution in [0.1, 0.15) is 17.0 Å². The van der Waals surface area contributed by atoms with Crippen molar-refractivity contribution in [3.05, 3.63) is 35.5 Å². The third-order valence-corrected chi connectivity index (χ3v) is 5.60. The molecule has 3 aromatic rings. The number of fused-ring (bicyclic) bond motifs is 1. The molecule has 1 fully saturated rings. The molecule has 1 saturated heterocycles. The van der Waals surface area contributed by atoms with E-state index in [-0.39, 0.29) is 5.65 Å². The van der Waals surface area contributed by atoms with Gasteiger partial charge >= 0.3 is 6.18 Å². The Labute approximate surface area is 170 Å². The minimum Gasteiger partial charge on any atom is -0.353 e. The molecule has 7 nitrogen and oxygen atoms in total. The SMILES string of the molecule is CSc1nc(C)c(C)c(N2CCN(c3nccn4cc(C(F)(F)F)nc34)CC2)n1. The average Bonchev–Trinajstić information content (AvgIpc) is 3.15. The number of alkyl halides is 3. The Kier molecular flexibility index (Phi) is 5.01. The van der Waals surface area contributed by atoms with E-state index in [4.69, 9.17) is 0 Å². The first-order chi connectivity index (χ1) is 13.8. The number of hydrogen-bond acceptors (Lipinski definition) is 7. The van der Waals surface area contributed by atoms with Crippen molar-refractivity contribution >= 4 is 29.0 Å². The van der Waals surface area contributed by atoms with Gasteiger partial charge in [0.25, 0.3) is 0 Å². The smallest absolute Gasteiger partial charge is 0.353 e. The van der Waals surface area contributed by atoms with Crippen LogP contribution in [0.25, 0.3) is 5.65 Å². The minimum atomic E-state index is -4.49. The fraction of sp³-hybridized carbons (Fsp3) is 0.444. The first-order valence-electron chi connectivity index (χ1n) is 9.08. The summed E-state index contributed by atoms with van der Waals surface area (Å²) in [6, 6.07) is 0. The van der Waals surface area contributed by atoms with Crippen molar-refractivity contribution in [2.45, 2.75) is 25.2 Å². The van der Waals surface area contributed by atoms with Gasteiger partial charge in [-0.25, -0.2) is 19.9 Å².